The number of aliphatic hydroxyl groups excluding tert-OH is 1. The Morgan fingerprint density at radius 1 is 1.16 bits per heavy atom. The predicted molar refractivity (Wildman–Crippen MR) is 91.1 cm³/mol. The number of anilines is 1. The van der Waals surface area contributed by atoms with Crippen molar-refractivity contribution in [2.45, 2.75) is 18.6 Å². The van der Waals surface area contributed by atoms with Crippen molar-refractivity contribution in [1.29, 1.82) is 0 Å². The lowest BCUT2D eigenvalue weighted by Gasteiger charge is -2.26. The van der Waals surface area contributed by atoms with Crippen LogP contribution in [-0.4, -0.2) is 42.1 Å². The third-order valence-electron chi connectivity index (χ3n) is 4.58. The molecule has 25 heavy (non-hydrogen) atoms. The number of rotatable bonds is 5. The number of nitrogens with zero attached hydrogens (tertiary/aromatic N) is 2. The number of aliphatic hydroxyl groups is 1. The van der Waals surface area contributed by atoms with E-state index in [-0.39, 0.29) is 23.7 Å². The highest BCUT2D eigenvalue weighted by Crippen LogP contribution is 2.27. The summed E-state index contributed by atoms with van der Waals surface area (Å²) in [6.45, 7) is 0.521. The second-order valence-corrected chi connectivity index (χ2v) is 6.22. The molecule has 2 aromatic rings. The molecule has 2 unspecified atom stereocenters. The molecule has 1 amide bonds. The number of carbonyl (C=O) groups excluding carboxylic acids is 1. The second-order valence-electron chi connectivity index (χ2n) is 6.22. The van der Waals surface area contributed by atoms with Crippen LogP contribution < -0.4 is 4.90 Å². The maximum atomic E-state index is 13.9. The summed E-state index contributed by atoms with van der Waals surface area (Å²) in [4.78, 5) is 15.8. The highest BCUT2D eigenvalue weighted by molar-refractivity contribution is 5.99. The van der Waals surface area contributed by atoms with E-state index in [9.17, 15) is 18.7 Å². The van der Waals surface area contributed by atoms with E-state index >= 15 is 0 Å². The zero-order chi connectivity index (χ0) is 18.0. The fraction of sp³-hybridized carbons (Fsp3) is 0.316. The lowest BCUT2D eigenvalue weighted by atomic mass is 10.1. The summed E-state index contributed by atoms with van der Waals surface area (Å²) in [6, 6.07) is 11.7. The molecule has 1 fully saturated rings. The molecule has 2 atom stereocenters. The normalized spacial score (nSPS) is 18.8. The van der Waals surface area contributed by atoms with Gasteiger partial charge >= 0.3 is 0 Å². The van der Waals surface area contributed by atoms with Crippen LogP contribution in [0.4, 0.5) is 14.5 Å². The summed E-state index contributed by atoms with van der Waals surface area (Å²) in [6.07, 6.45) is -0.519. The molecule has 3 rings (SSSR count). The summed E-state index contributed by atoms with van der Waals surface area (Å²) in [5.74, 6) is -1.13. The summed E-state index contributed by atoms with van der Waals surface area (Å²) in [5, 5.41) is 10.3. The largest absolute Gasteiger partial charge is 0.387 e. The second kappa shape index (κ2) is 7.29. The molecule has 0 spiro atoms. The quantitative estimate of drug-likeness (QED) is 0.905. The van der Waals surface area contributed by atoms with Gasteiger partial charge < -0.3 is 10.0 Å². The molecule has 2 aromatic carbocycles. The molecule has 0 radical (unpaired) electrons. The van der Waals surface area contributed by atoms with E-state index in [1.54, 1.807) is 42.3 Å². The zero-order valence-corrected chi connectivity index (χ0v) is 13.9. The van der Waals surface area contributed by atoms with Gasteiger partial charge in [-0.25, -0.2) is 8.78 Å². The summed E-state index contributed by atoms with van der Waals surface area (Å²) in [7, 11) is 1.71. The van der Waals surface area contributed by atoms with Crippen LogP contribution in [0.5, 0.6) is 0 Å². The monoisotopic (exact) mass is 346 g/mol. The SMILES string of the molecule is CN(CC(O)c1ccccc1F)C1CCN(c2ccccc2F)C1=O. The molecular weight excluding hydrogens is 326 g/mol. The Balaban J connectivity index is 1.69. The summed E-state index contributed by atoms with van der Waals surface area (Å²) < 4.78 is 27.7. The molecule has 132 valence electrons. The fourth-order valence-electron chi connectivity index (χ4n) is 3.23. The van der Waals surface area contributed by atoms with E-state index in [0.717, 1.165) is 0 Å². The first-order valence-corrected chi connectivity index (χ1v) is 8.17. The van der Waals surface area contributed by atoms with Gasteiger partial charge in [-0.15, -0.1) is 0 Å². The number of benzene rings is 2. The third kappa shape index (κ3) is 3.55. The van der Waals surface area contributed by atoms with E-state index in [4.69, 9.17) is 0 Å². The van der Waals surface area contributed by atoms with Crippen LogP contribution in [0, 0.1) is 11.6 Å². The van der Waals surface area contributed by atoms with Crippen molar-refractivity contribution in [2.75, 3.05) is 25.0 Å². The average Bonchev–Trinajstić information content (AvgIpc) is 2.97. The number of carbonyl (C=O) groups is 1. The number of amides is 1. The van der Waals surface area contributed by atoms with Crippen molar-refractivity contribution < 1.29 is 18.7 Å². The van der Waals surface area contributed by atoms with Crippen LogP contribution in [0.1, 0.15) is 18.1 Å². The Morgan fingerprint density at radius 3 is 2.48 bits per heavy atom. The van der Waals surface area contributed by atoms with Crippen molar-refractivity contribution in [3.8, 4) is 0 Å². The van der Waals surface area contributed by atoms with E-state index < -0.39 is 23.8 Å². The smallest absolute Gasteiger partial charge is 0.244 e. The number of para-hydroxylation sites is 1. The topological polar surface area (TPSA) is 43.8 Å². The molecule has 1 aliphatic rings. The molecule has 1 saturated heterocycles. The van der Waals surface area contributed by atoms with E-state index in [1.165, 1.54) is 23.1 Å². The number of hydrogen-bond acceptors (Lipinski definition) is 3. The first-order chi connectivity index (χ1) is 12.0. The highest BCUT2D eigenvalue weighted by atomic mass is 19.1. The van der Waals surface area contributed by atoms with Crippen LogP contribution in [0.15, 0.2) is 48.5 Å². The van der Waals surface area contributed by atoms with Crippen LogP contribution in [0.3, 0.4) is 0 Å². The lowest BCUT2D eigenvalue weighted by Crippen LogP contribution is -2.41. The van der Waals surface area contributed by atoms with Gasteiger partial charge in [0, 0.05) is 18.7 Å². The standard InChI is InChI=1S/C19H20F2N2O2/c1-22(12-18(24)13-6-2-3-7-14(13)20)17-10-11-23(19(17)25)16-9-5-4-8-15(16)21/h2-9,17-18,24H,10-12H2,1H3. The van der Waals surface area contributed by atoms with Crippen molar-refractivity contribution >= 4 is 11.6 Å². The van der Waals surface area contributed by atoms with Crippen molar-refractivity contribution in [2.24, 2.45) is 0 Å². The molecule has 1 N–H and O–H groups in total. The van der Waals surface area contributed by atoms with Crippen LogP contribution >= 0.6 is 0 Å². The Hall–Kier alpha value is -2.31. The van der Waals surface area contributed by atoms with Gasteiger partial charge in [-0.1, -0.05) is 30.3 Å². The minimum absolute atomic E-state index is 0.114. The Kier molecular flexibility index (Phi) is 5.11. The van der Waals surface area contributed by atoms with E-state index in [0.29, 0.717) is 13.0 Å². The lowest BCUT2D eigenvalue weighted by molar-refractivity contribution is -0.121. The summed E-state index contributed by atoms with van der Waals surface area (Å²) in [5.41, 5.74) is 0.462. The maximum Gasteiger partial charge on any atom is 0.244 e. The number of halogens is 2. The van der Waals surface area contributed by atoms with Gasteiger partial charge in [0.1, 0.15) is 11.6 Å². The molecule has 1 heterocycles. The maximum absolute atomic E-state index is 13.9. The van der Waals surface area contributed by atoms with Crippen molar-refractivity contribution in [1.82, 2.24) is 4.90 Å². The third-order valence-corrected chi connectivity index (χ3v) is 4.58. The van der Waals surface area contributed by atoms with Crippen LogP contribution in [-0.2, 0) is 4.79 Å². The predicted octanol–water partition coefficient (Wildman–Crippen LogP) is 2.74. The van der Waals surface area contributed by atoms with Crippen LogP contribution in [0.25, 0.3) is 0 Å². The molecule has 1 aliphatic heterocycles. The molecule has 4 nitrogen and oxygen atoms in total. The Labute approximate surface area is 145 Å². The van der Waals surface area contributed by atoms with Gasteiger partial charge in [-0.05, 0) is 31.7 Å². The van der Waals surface area contributed by atoms with Gasteiger partial charge in [0.05, 0.1) is 17.8 Å². The van der Waals surface area contributed by atoms with E-state index in [2.05, 4.69) is 0 Å². The van der Waals surface area contributed by atoms with Gasteiger partial charge in [0.15, 0.2) is 0 Å². The molecule has 0 saturated carbocycles. The highest BCUT2D eigenvalue weighted by Gasteiger charge is 2.36. The molecule has 0 aromatic heterocycles. The van der Waals surface area contributed by atoms with Gasteiger partial charge in [0.2, 0.25) is 5.91 Å². The Morgan fingerprint density at radius 2 is 1.80 bits per heavy atom. The van der Waals surface area contributed by atoms with E-state index in [1.807, 2.05) is 0 Å². The first-order valence-electron chi connectivity index (χ1n) is 8.17. The Bertz CT molecular complexity index is 769. The molecule has 0 aliphatic carbocycles. The molecule has 0 bridgehead atoms. The number of hydrogen-bond donors (Lipinski definition) is 1. The fourth-order valence-corrected chi connectivity index (χ4v) is 3.23. The minimum atomic E-state index is -1.04. The van der Waals surface area contributed by atoms with Gasteiger partial charge in [-0.2, -0.15) is 0 Å². The average molecular weight is 346 g/mol. The van der Waals surface area contributed by atoms with Gasteiger partial charge in [-0.3, -0.25) is 9.69 Å². The van der Waals surface area contributed by atoms with Crippen molar-refractivity contribution in [3.05, 3.63) is 65.7 Å². The van der Waals surface area contributed by atoms with Crippen molar-refractivity contribution in [3.63, 3.8) is 0 Å². The first kappa shape index (κ1) is 17.5. The van der Waals surface area contributed by atoms with Crippen LogP contribution in [0.2, 0.25) is 0 Å². The van der Waals surface area contributed by atoms with Gasteiger partial charge in [0.25, 0.3) is 0 Å². The summed E-state index contributed by atoms with van der Waals surface area (Å²) >= 11 is 0. The number of likely N-dealkylation sites (N-methyl/N-ethyl adjacent to an activating group) is 1. The zero-order valence-electron chi connectivity index (χ0n) is 13.9. The molecule has 6 heteroatoms. The molecular formula is C19H20F2N2O2. The minimum Gasteiger partial charge on any atom is -0.387 e.